The van der Waals surface area contributed by atoms with Gasteiger partial charge in [0.05, 0.1) is 6.61 Å². The van der Waals surface area contributed by atoms with Crippen LogP contribution >= 0.6 is 11.8 Å². The first kappa shape index (κ1) is 15.9. The van der Waals surface area contributed by atoms with Gasteiger partial charge in [0.1, 0.15) is 11.6 Å². The molecule has 0 spiro atoms. The van der Waals surface area contributed by atoms with Gasteiger partial charge < -0.3 is 10.5 Å². The average Bonchev–Trinajstić information content (AvgIpc) is 2.51. The zero-order chi connectivity index (χ0) is 15.1. The number of nitrogens with two attached hydrogens (primary N) is 1. The summed E-state index contributed by atoms with van der Waals surface area (Å²) in [6.45, 7) is 2.80. The molecule has 2 rings (SSSR count). The molecule has 0 fully saturated rings. The van der Waals surface area contributed by atoms with Crippen LogP contribution in [0.2, 0.25) is 0 Å². The lowest BCUT2D eigenvalue weighted by molar-refractivity contribution is 0.317. The highest BCUT2D eigenvalue weighted by Crippen LogP contribution is 2.25. The van der Waals surface area contributed by atoms with Crippen LogP contribution in [0.5, 0.6) is 5.75 Å². The Hall–Kier alpha value is -1.52. The smallest absolute Gasteiger partial charge is 0.124 e. The van der Waals surface area contributed by atoms with E-state index in [9.17, 15) is 4.39 Å². The molecular weight excluding hydrogens is 285 g/mol. The van der Waals surface area contributed by atoms with Gasteiger partial charge in [-0.3, -0.25) is 0 Å². The van der Waals surface area contributed by atoms with Crippen molar-refractivity contribution in [3.63, 3.8) is 0 Å². The van der Waals surface area contributed by atoms with Crippen molar-refractivity contribution in [1.82, 2.24) is 0 Å². The summed E-state index contributed by atoms with van der Waals surface area (Å²) >= 11 is 1.56. The molecule has 2 nitrogen and oxygen atoms in total. The summed E-state index contributed by atoms with van der Waals surface area (Å²) in [7, 11) is 0. The second kappa shape index (κ2) is 8.05. The fourth-order valence-corrected chi connectivity index (χ4v) is 2.81. The molecule has 1 atom stereocenters. The van der Waals surface area contributed by atoms with Gasteiger partial charge in [0.25, 0.3) is 0 Å². The third-order valence-corrected chi connectivity index (χ3v) is 4.12. The van der Waals surface area contributed by atoms with Gasteiger partial charge in [-0.05, 0) is 42.3 Å². The highest BCUT2D eigenvalue weighted by Gasteiger charge is 2.07. The first-order valence-electron chi connectivity index (χ1n) is 7.05. The molecular formula is C17H20FNOS. The molecule has 0 amide bonds. The minimum absolute atomic E-state index is 0.0847. The lowest BCUT2D eigenvalue weighted by Gasteiger charge is -2.13. The third kappa shape index (κ3) is 5.06. The molecule has 0 saturated carbocycles. The maximum Gasteiger partial charge on any atom is 0.124 e. The summed E-state index contributed by atoms with van der Waals surface area (Å²) in [4.78, 5) is 0.897. The zero-order valence-corrected chi connectivity index (χ0v) is 12.9. The van der Waals surface area contributed by atoms with E-state index in [1.807, 2.05) is 30.3 Å². The molecule has 2 aromatic rings. The molecule has 0 saturated heterocycles. The van der Waals surface area contributed by atoms with E-state index >= 15 is 0 Å². The van der Waals surface area contributed by atoms with Crippen molar-refractivity contribution in [2.45, 2.75) is 24.3 Å². The van der Waals surface area contributed by atoms with Gasteiger partial charge in [-0.15, -0.1) is 11.8 Å². The summed E-state index contributed by atoms with van der Waals surface area (Å²) in [5.74, 6) is 1.36. The summed E-state index contributed by atoms with van der Waals surface area (Å²) in [5, 5.41) is 0. The Labute approximate surface area is 129 Å². The van der Waals surface area contributed by atoms with Gasteiger partial charge in [0.15, 0.2) is 0 Å². The van der Waals surface area contributed by atoms with Crippen LogP contribution < -0.4 is 10.5 Å². The van der Waals surface area contributed by atoms with E-state index < -0.39 is 0 Å². The van der Waals surface area contributed by atoms with Crippen LogP contribution in [0, 0.1) is 5.82 Å². The maximum atomic E-state index is 13.1. The SMILES string of the molecule is CCCOc1ccc(C(N)CSc2cccc(F)c2)cc1. The van der Waals surface area contributed by atoms with Gasteiger partial charge in [-0.25, -0.2) is 4.39 Å². The predicted octanol–water partition coefficient (Wildman–Crippen LogP) is 4.41. The number of benzene rings is 2. The summed E-state index contributed by atoms with van der Waals surface area (Å²) in [5.41, 5.74) is 7.23. The summed E-state index contributed by atoms with van der Waals surface area (Å²) in [6, 6.07) is 14.3. The van der Waals surface area contributed by atoms with Crippen molar-refractivity contribution in [1.29, 1.82) is 0 Å². The Morgan fingerprint density at radius 1 is 1.19 bits per heavy atom. The quantitative estimate of drug-likeness (QED) is 0.770. The van der Waals surface area contributed by atoms with Gasteiger partial charge in [0.2, 0.25) is 0 Å². The van der Waals surface area contributed by atoms with Crippen molar-refractivity contribution in [3.8, 4) is 5.75 Å². The number of ether oxygens (including phenoxy) is 1. The summed E-state index contributed by atoms with van der Waals surface area (Å²) < 4.78 is 18.6. The lowest BCUT2D eigenvalue weighted by Crippen LogP contribution is -2.12. The third-order valence-electron chi connectivity index (χ3n) is 3.01. The van der Waals surface area contributed by atoms with E-state index in [1.54, 1.807) is 17.8 Å². The van der Waals surface area contributed by atoms with E-state index in [1.165, 1.54) is 12.1 Å². The molecule has 0 radical (unpaired) electrons. The van der Waals surface area contributed by atoms with Crippen molar-refractivity contribution in [3.05, 3.63) is 59.9 Å². The molecule has 112 valence electrons. The number of hydrogen-bond acceptors (Lipinski definition) is 3. The van der Waals surface area contributed by atoms with E-state index in [2.05, 4.69) is 6.92 Å². The molecule has 0 aliphatic heterocycles. The Morgan fingerprint density at radius 3 is 2.62 bits per heavy atom. The normalized spacial score (nSPS) is 12.1. The summed E-state index contributed by atoms with van der Waals surface area (Å²) in [6.07, 6.45) is 0.992. The average molecular weight is 305 g/mol. The standard InChI is InChI=1S/C17H20FNOS/c1-2-10-20-15-8-6-13(7-9-15)17(19)12-21-16-5-3-4-14(18)11-16/h3-9,11,17H,2,10,12,19H2,1H3. The van der Waals surface area contributed by atoms with Crippen LogP contribution in [0.4, 0.5) is 4.39 Å². The molecule has 0 bridgehead atoms. The monoisotopic (exact) mass is 305 g/mol. The molecule has 4 heteroatoms. The number of halogens is 1. The molecule has 0 aliphatic rings. The van der Waals surface area contributed by atoms with Crippen LogP contribution in [0.15, 0.2) is 53.4 Å². The van der Waals surface area contributed by atoms with E-state index in [-0.39, 0.29) is 11.9 Å². The number of thioether (sulfide) groups is 1. The Bertz CT molecular complexity index is 559. The predicted molar refractivity (Wildman–Crippen MR) is 86.3 cm³/mol. The second-order valence-electron chi connectivity index (χ2n) is 4.79. The largest absolute Gasteiger partial charge is 0.494 e. The minimum atomic E-state index is -0.217. The van der Waals surface area contributed by atoms with Crippen LogP contribution in [0.25, 0.3) is 0 Å². The fourth-order valence-electron chi connectivity index (χ4n) is 1.87. The van der Waals surface area contributed by atoms with Crippen LogP contribution in [0.1, 0.15) is 24.9 Å². The van der Waals surface area contributed by atoms with Gasteiger partial charge in [-0.1, -0.05) is 25.1 Å². The first-order chi connectivity index (χ1) is 10.2. The Kier molecular flexibility index (Phi) is 6.08. The number of hydrogen-bond donors (Lipinski definition) is 1. The van der Waals surface area contributed by atoms with E-state index in [0.29, 0.717) is 5.75 Å². The van der Waals surface area contributed by atoms with Gasteiger partial charge in [0, 0.05) is 16.7 Å². The molecule has 0 aromatic heterocycles. The molecule has 2 aromatic carbocycles. The van der Waals surface area contributed by atoms with E-state index in [4.69, 9.17) is 10.5 Å². The molecule has 0 aliphatic carbocycles. The van der Waals surface area contributed by atoms with Crippen molar-refractivity contribution in [2.24, 2.45) is 5.73 Å². The zero-order valence-electron chi connectivity index (χ0n) is 12.1. The highest BCUT2D eigenvalue weighted by atomic mass is 32.2. The van der Waals surface area contributed by atoms with E-state index in [0.717, 1.165) is 29.2 Å². The Morgan fingerprint density at radius 2 is 1.95 bits per heavy atom. The van der Waals surface area contributed by atoms with Crippen molar-refractivity contribution in [2.75, 3.05) is 12.4 Å². The molecule has 1 unspecified atom stereocenters. The second-order valence-corrected chi connectivity index (χ2v) is 5.89. The van der Waals surface area contributed by atoms with Crippen LogP contribution in [0.3, 0.4) is 0 Å². The first-order valence-corrected chi connectivity index (χ1v) is 8.04. The number of rotatable bonds is 7. The lowest BCUT2D eigenvalue weighted by atomic mass is 10.1. The van der Waals surface area contributed by atoms with Crippen molar-refractivity contribution >= 4 is 11.8 Å². The Balaban J connectivity index is 1.89. The van der Waals surface area contributed by atoms with Crippen LogP contribution in [-0.2, 0) is 0 Å². The highest BCUT2D eigenvalue weighted by molar-refractivity contribution is 7.99. The minimum Gasteiger partial charge on any atom is -0.494 e. The van der Waals surface area contributed by atoms with Gasteiger partial charge >= 0.3 is 0 Å². The molecule has 2 N–H and O–H groups in total. The fraction of sp³-hybridized carbons (Fsp3) is 0.294. The maximum absolute atomic E-state index is 13.1. The molecule has 21 heavy (non-hydrogen) atoms. The van der Waals surface area contributed by atoms with Gasteiger partial charge in [-0.2, -0.15) is 0 Å². The topological polar surface area (TPSA) is 35.2 Å². The van der Waals surface area contributed by atoms with Crippen molar-refractivity contribution < 1.29 is 9.13 Å². The molecule has 0 heterocycles. The van der Waals surface area contributed by atoms with Crippen LogP contribution in [-0.4, -0.2) is 12.4 Å².